The van der Waals surface area contributed by atoms with Crippen LogP contribution in [-0.2, 0) is 0 Å². The van der Waals surface area contributed by atoms with E-state index in [0.29, 0.717) is 0 Å². The zero-order chi connectivity index (χ0) is 13.1. The number of hydrogen-bond donors (Lipinski definition) is 0. The van der Waals surface area contributed by atoms with Crippen LogP contribution in [0.4, 0.5) is 5.82 Å². The number of anilines is 1. The van der Waals surface area contributed by atoms with Gasteiger partial charge in [-0.05, 0) is 28.1 Å². The predicted octanol–water partition coefficient (Wildman–Crippen LogP) is 3.35. The number of aromatic nitrogens is 2. The van der Waals surface area contributed by atoms with E-state index in [1.807, 2.05) is 23.7 Å². The molecule has 19 heavy (non-hydrogen) atoms. The number of pyridine rings is 1. The minimum Gasteiger partial charge on any atom is -0.467 e. The van der Waals surface area contributed by atoms with E-state index in [4.69, 9.17) is 4.74 Å². The molecule has 0 aliphatic carbocycles. The zero-order valence-electron chi connectivity index (χ0n) is 10.3. The number of piperidine rings is 1. The lowest BCUT2D eigenvalue weighted by atomic mass is 10.1. The Hall–Kier alpha value is -1.14. The van der Waals surface area contributed by atoms with Crippen LogP contribution in [0.1, 0.15) is 12.8 Å². The molecule has 3 heterocycles. The Labute approximate surface area is 124 Å². The summed E-state index contributed by atoms with van der Waals surface area (Å²) in [5, 5.41) is 2.72. The molecule has 1 aliphatic heterocycles. The molecule has 0 unspecified atom stereocenters. The Kier molecular flexibility index (Phi) is 3.98. The third-order valence-electron chi connectivity index (χ3n) is 3.15. The molecule has 2 aromatic rings. The lowest BCUT2D eigenvalue weighted by Crippen LogP contribution is -2.38. The van der Waals surface area contributed by atoms with E-state index in [9.17, 15) is 0 Å². The Morgan fingerprint density at radius 2 is 2.11 bits per heavy atom. The summed E-state index contributed by atoms with van der Waals surface area (Å²) in [5.41, 5.74) is 0. The fourth-order valence-electron chi connectivity index (χ4n) is 2.17. The largest absolute Gasteiger partial charge is 0.467 e. The molecule has 6 heteroatoms. The molecule has 1 saturated heterocycles. The van der Waals surface area contributed by atoms with Gasteiger partial charge in [0.1, 0.15) is 11.9 Å². The summed E-state index contributed by atoms with van der Waals surface area (Å²) in [7, 11) is 0. The van der Waals surface area contributed by atoms with E-state index in [1.54, 1.807) is 17.5 Å². The molecule has 4 nitrogen and oxygen atoms in total. The summed E-state index contributed by atoms with van der Waals surface area (Å²) in [5.74, 6) is 1.04. The van der Waals surface area contributed by atoms with Crippen molar-refractivity contribution < 1.29 is 4.74 Å². The first-order valence-corrected chi connectivity index (χ1v) is 7.91. The molecule has 0 atom stereocenters. The van der Waals surface area contributed by atoms with E-state index in [1.165, 1.54) is 0 Å². The molecule has 0 amide bonds. The zero-order valence-corrected chi connectivity index (χ0v) is 12.7. The molecule has 0 aromatic carbocycles. The summed E-state index contributed by atoms with van der Waals surface area (Å²) in [4.78, 5) is 10.9. The lowest BCUT2D eigenvalue weighted by Gasteiger charge is -2.32. The highest BCUT2D eigenvalue weighted by Gasteiger charge is 2.21. The Morgan fingerprint density at radius 3 is 2.74 bits per heavy atom. The number of rotatable bonds is 3. The van der Waals surface area contributed by atoms with Crippen LogP contribution in [0.3, 0.4) is 0 Å². The van der Waals surface area contributed by atoms with Crippen molar-refractivity contribution in [1.29, 1.82) is 0 Å². The standard InChI is InChI=1S/C13H14BrN3OS/c14-10-1-2-12(16-9-10)17-6-3-11(4-7-17)18-13-15-5-8-19-13/h1-2,5,8-9,11H,3-4,6-7H2. The van der Waals surface area contributed by atoms with Crippen LogP contribution in [0.15, 0.2) is 34.4 Å². The van der Waals surface area contributed by atoms with Crippen molar-refractivity contribution in [2.75, 3.05) is 18.0 Å². The highest BCUT2D eigenvalue weighted by atomic mass is 79.9. The van der Waals surface area contributed by atoms with E-state index in [2.05, 4.69) is 30.8 Å². The number of thiazole rings is 1. The van der Waals surface area contributed by atoms with Gasteiger partial charge in [-0.25, -0.2) is 9.97 Å². The number of hydrogen-bond acceptors (Lipinski definition) is 5. The highest BCUT2D eigenvalue weighted by Crippen LogP contribution is 2.23. The second kappa shape index (κ2) is 5.88. The second-order valence-electron chi connectivity index (χ2n) is 4.44. The molecule has 3 rings (SSSR count). The maximum atomic E-state index is 5.85. The summed E-state index contributed by atoms with van der Waals surface area (Å²) >= 11 is 4.96. The minimum absolute atomic E-state index is 0.276. The normalized spacial score (nSPS) is 16.6. The van der Waals surface area contributed by atoms with Gasteiger partial charge in [-0.2, -0.15) is 0 Å². The fraction of sp³-hybridized carbons (Fsp3) is 0.385. The first-order chi connectivity index (χ1) is 9.31. The molecular formula is C13H14BrN3OS. The van der Waals surface area contributed by atoms with Gasteiger partial charge in [0.25, 0.3) is 5.19 Å². The van der Waals surface area contributed by atoms with Gasteiger partial charge in [0.05, 0.1) is 0 Å². The van der Waals surface area contributed by atoms with Gasteiger partial charge in [0.15, 0.2) is 0 Å². The van der Waals surface area contributed by atoms with Crippen LogP contribution in [0.5, 0.6) is 5.19 Å². The molecule has 2 aromatic heterocycles. The predicted molar refractivity (Wildman–Crippen MR) is 79.9 cm³/mol. The van der Waals surface area contributed by atoms with Gasteiger partial charge in [0, 0.05) is 48.2 Å². The lowest BCUT2D eigenvalue weighted by molar-refractivity contribution is 0.170. The van der Waals surface area contributed by atoms with Gasteiger partial charge in [-0.1, -0.05) is 11.3 Å². The van der Waals surface area contributed by atoms with Crippen molar-refractivity contribution in [2.24, 2.45) is 0 Å². The van der Waals surface area contributed by atoms with Crippen LogP contribution in [-0.4, -0.2) is 29.2 Å². The molecule has 1 aliphatic rings. The molecule has 0 N–H and O–H groups in total. The third kappa shape index (κ3) is 3.25. The van der Waals surface area contributed by atoms with Crippen LogP contribution >= 0.6 is 27.3 Å². The van der Waals surface area contributed by atoms with E-state index in [-0.39, 0.29) is 6.10 Å². The van der Waals surface area contributed by atoms with Crippen molar-refractivity contribution in [2.45, 2.75) is 18.9 Å². The summed E-state index contributed by atoms with van der Waals surface area (Å²) < 4.78 is 6.86. The van der Waals surface area contributed by atoms with Crippen molar-refractivity contribution >= 4 is 33.1 Å². The molecule has 0 spiro atoms. The first kappa shape index (κ1) is 12.9. The Balaban J connectivity index is 1.56. The Morgan fingerprint density at radius 1 is 1.26 bits per heavy atom. The van der Waals surface area contributed by atoms with Gasteiger partial charge < -0.3 is 9.64 Å². The average Bonchev–Trinajstić information content (AvgIpc) is 2.94. The van der Waals surface area contributed by atoms with Gasteiger partial charge >= 0.3 is 0 Å². The van der Waals surface area contributed by atoms with Crippen LogP contribution in [0.2, 0.25) is 0 Å². The van der Waals surface area contributed by atoms with Crippen LogP contribution < -0.4 is 9.64 Å². The number of ether oxygens (including phenoxy) is 1. The Bertz CT molecular complexity index is 509. The molecular weight excluding hydrogens is 326 g/mol. The maximum absolute atomic E-state index is 5.85. The van der Waals surface area contributed by atoms with E-state index in [0.717, 1.165) is 41.4 Å². The van der Waals surface area contributed by atoms with Crippen LogP contribution in [0, 0.1) is 0 Å². The van der Waals surface area contributed by atoms with E-state index < -0.39 is 0 Å². The second-order valence-corrected chi connectivity index (χ2v) is 6.21. The summed E-state index contributed by atoms with van der Waals surface area (Å²) in [6, 6.07) is 4.08. The summed E-state index contributed by atoms with van der Waals surface area (Å²) in [6.07, 6.45) is 5.92. The fourth-order valence-corrected chi connectivity index (χ4v) is 2.95. The van der Waals surface area contributed by atoms with Crippen molar-refractivity contribution in [3.05, 3.63) is 34.4 Å². The van der Waals surface area contributed by atoms with Crippen molar-refractivity contribution in [3.8, 4) is 5.19 Å². The SMILES string of the molecule is Brc1ccc(N2CCC(Oc3nccs3)CC2)nc1. The molecule has 0 bridgehead atoms. The monoisotopic (exact) mass is 339 g/mol. The highest BCUT2D eigenvalue weighted by molar-refractivity contribution is 9.10. The van der Waals surface area contributed by atoms with Gasteiger partial charge in [-0.3, -0.25) is 0 Å². The number of halogens is 1. The molecule has 100 valence electrons. The topological polar surface area (TPSA) is 38.2 Å². The van der Waals surface area contributed by atoms with E-state index >= 15 is 0 Å². The van der Waals surface area contributed by atoms with Gasteiger partial charge in [-0.15, -0.1) is 0 Å². The smallest absolute Gasteiger partial charge is 0.273 e. The average molecular weight is 340 g/mol. The van der Waals surface area contributed by atoms with Gasteiger partial charge in [0.2, 0.25) is 0 Å². The number of nitrogens with zero attached hydrogens (tertiary/aromatic N) is 3. The molecule has 1 fully saturated rings. The first-order valence-electron chi connectivity index (χ1n) is 6.24. The summed E-state index contributed by atoms with van der Waals surface area (Å²) in [6.45, 7) is 1.95. The molecule has 0 radical (unpaired) electrons. The van der Waals surface area contributed by atoms with Crippen molar-refractivity contribution in [3.63, 3.8) is 0 Å². The van der Waals surface area contributed by atoms with Crippen molar-refractivity contribution in [1.82, 2.24) is 9.97 Å². The quantitative estimate of drug-likeness (QED) is 0.859. The maximum Gasteiger partial charge on any atom is 0.273 e. The van der Waals surface area contributed by atoms with Crippen LogP contribution in [0.25, 0.3) is 0 Å². The third-order valence-corrected chi connectivity index (χ3v) is 4.29. The minimum atomic E-state index is 0.276. The molecule has 0 saturated carbocycles.